The van der Waals surface area contributed by atoms with Crippen LogP contribution in [0, 0.1) is 0 Å². The molecule has 0 aromatic rings. The summed E-state index contributed by atoms with van der Waals surface area (Å²) in [6.07, 6.45) is 1.19. The number of nitrogens with zero attached hydrogens (tertiary/aromatic N) is 2. The van der Waals surface area contributed by atoms with Gasteiger partial charge in [0.2, 0.25) is 0 Å². The number of amides is 2. The van der Waals surface area contributed by atoms with E-state index in [2.05, 4.69) is 20.8 Å². The minimum absolute atomic E-state index is 0.244. The summed E-state index contributed by atoms with van der Waals surface area (Å²) in [4.78, 5) is 15.7. The third kappa shape index (κ3) is 1.60. The largest absolute Gasteiger partial charge is 0.320 e. The highest BCUT2D eigenvalue weighted by Crippen LogP contribution is 2.41. The number of hydrogen-bond donors (Lipinski definition) is 0. The molecule has 1 aliphatic carbocycles. The molecule has 0 aromatic carbocycles. The summed E-state index contributed by atoms with van der Waals surface area (Å²) < 4.78 is 0. The van der Waals surface area contributed by atoms with Crippen molar-refractivity contribution in [2.75, 3.05) is 6.54 Å². The van der Waals surface area contributed by atoms with Crippen LogP contribution in [0.2, 0.25) is 0 Å². The summed E-state index contributed by atoms with van der Waals surface area (Å²) >= 11 is 0. The first kappa shape index (κ1) is 11.3. The first-order valence-electron chi connectivity index (χ1n) is 5.75. The lowest BCUT2D eigenvalue weighted by Gasteiger charge is -2.25. The van der Waals surface area contributed by atoms with Gasteiger partial charge in [0.25, 0.3) is 0 Å². The molecule has 82 valence electrons. The second kappa shape index (κ2) is 4.20. The van der Waals surface area contributed by atoms with Gasteiger partial charge in [0.05, 0.1) is 12.1 Å². The van der Waals surface area contributed by atoms with E-state index in [0.29, 0.717) is 18.1 Å². The molecule has 2 aliphatic rings. The van der Waals surface area contributed by atoms with Crippen molar-refractivity contribution >= 4 is 6.03 Å². The van der Waals surface area contributed by atoms with Crippen LogP contribution >= 0.6 is 0 Å². The van der Waals surface area contributed by atoms with Gasteiger partial charge in [-0.2, -0.15) is 0 Å². The van der Waals surface area contributed by atoms with Gasteiger partial charge in [-0.3, -0.25) is 0 Å². The highest BCUT2D eigenvalue weighted by molar-refractivity contribution is 5.80. The first-order valence-corrected chi connectivity index (χ1v) is 5.75. The zero-order valence-corrected chi connectivity index (χ0v) is 9.95. The molecule has 0 spiro atoms. The Kier molecular flexibility index (Phi) is 3.40. The van der Waals surface area contributed by atoms with Gasteiger partial charge in [0.15, 0.2) is 0 Å². The first-order chi connectivity index (χ1) is 6.66. The van der Waals surface area contributed by atoms with E-state index in [0.717, 1.165) is 6.54 Å². The molecule has 2 atom stereocenters. The van der Waals surface area contributed by atoms with E-state index < -0.39 is 0 Å². The number of likely N-dealkylation sites (N-methyl/N-ethyl adjacent to an activating group) is 1. The molecule has 1 heterocycles. The third-order valence-corrected chi connectivity index (χ3v) is 2.85. The van der Waals surface area contributed by atoms with Gasteiger partial charge in [0, 0.05) is 12.6 Å². The quantitative estimate of drug-likeness (QED) is 0.668. The van der Waals surface area contributed by atoms with E-state index >= 15 is 0 Å². The van der Waals surface area contributed by atoms with Gasteiger partial charge >= 0.3 is 6.03 Å². The number of fused-ring (bicyclic) bond motifs is 1. The van der Waals surface area contributed by atoms with Crippen molar-refractivity contribution in [3.63, 3.8) is 0 Å². The van der Waals surface area contributed by atoms with E-state index in [4.69, 9.17) is 0 Å². The van der Waals surface area contributed by atoms with Gasteiger partial charge < -0.3 is 9.80 Å². The van der Waals surface area contributed by atoms with Crippen molar-refractivity contribution in [3.8, 4) is 0 Å². The molecule has 2 rings (SSSR count). The van der Waals surface area contributed by atoms with Crippen LogP contribution < -0.4 is 0 Å². The normalized spacial score (nSPS) is 28.9. The fraction of sp³-hybridized carbons (Fsp3) is 0.909. The van der Waals surface area contributed by atoms with Gasteiger partial charge in [0.1, 0.15) is 0 Å². The summed E-state index contributed by atoms with van der Waals surface area (Å²) in [6.45, 7) is 11.1. The lowest BCUT2D eigenvalue weighted by molar-refractivity contribution is 0.168. The maximum atomic E-state index is 11.7. The molecule has 2 fully saturated rings. The minimum atomic E-state index is 0.244. The molecular formula is C11H22N2O. The number of urea groups is 1. The molecule has 14 heavy (non-hydrogen) atoms. The Hall–Kier alpha value is -0.730. The number of hydrogen-bond acceptors (Lipinski definition) is 1. The van der Waals surface area contributed by atoms with Crippen LogP contribution in [0.5, 0.6) is 0 Å². The maximum absolute atomic E-state index is 11.7. The molecule has 2 unspecified atom stereocenters. The van der Waals surface area contributed by atoms with Crippen LogP contribution in [-0.4, -0.2) is 40.5 Å². The lowest BCUT2D eigenvalue weighted by Crippen LogP contribution is -2.40. The Morgan fingerprint density at radius 2 is 1.93 bits per heavy atom. The molecule has 1 aliphatic heterocycles. The van der Waals surface area contributed by atoms with Gasteiger partial charge in [-0.25, -0.2) is 4.79 Å². The number of carbonyl (C=O) groups excluding carboxylic acids is 1. The lowest BCUT2D eigenvalue weighted by atomic mass is 10.3. The van der Waals surface area contributed by atoms with Crippen molar-refractivity contribution in [1.82, 2.24) is 9.80 Å². The van der Waals surface area contributed by atoms with Crippen molar-refractivity contribution < 1.29 is 4.79 Å². The Balaban J connectivity index is 0.000000461. The molecule has 2 amide bonds. The van der Waals surface area contributed by atoms with E-state index in [1.54, 1.807) is 0 Å². The van der Waals surface area contributed by atoms with Gasteiger partial charge in [-0.05, 0) is 27.2 Å². The molecule has 0 aromatic heterocycles. The van der Waals surface area contributed by atoms with E-state index in [9.17, 15) is 4.79 Å². The van der Waals surface area contributed by atoms with Crippen LogP contribution in [0.3, 0.4) is 0 Å². The van der Waals surface area contributed by atoms with Crippen LogP contribution in [0.4, 0.5) is 4.79 Å². The number of carbonyl (C=O) groups is 1. The third-order valence-electron chi connectivity index (χ3n) is 2.85. The summed E-state index contributed by atoms with van der Waals surface area (Å²) in [6, 6.07) is 1.69. The van der Waals surface area contributed by atoms with Gasteiger partial charge in [-0.15, -0.1) is 0 Å². The van der Waals surface area contributed by atoms with Gasteiger partial charge in [-0.1, -0.05) is 13.8 Å². The standard InChI is InChI=1S/C9H16N2O.C2H6/c1-4-10-7-5-8(7)11(6(2)3)9(10)12;1-2/h6-8H,4-5H2,1-3H3;1-2H3. The molecule has 1 saturated carbocycles. The van der Waals surface area contributed by atoms with Crippen LogP contribution in [0.1, 0.15) is 41.0 Å². The Labute approximate surface area is 87.1 Å². The highest BCUT2D eigenvalue weighted by atomic mass is 16.2. The summed E-state index contributed by atoms with van der Waals surface area (Å²) in [7, 11) is 0. The van der Waals surface area contributed by atoms with Crippen molar-refractivity contribution in [3.05, 3.63) is 0 Å². The fourth-order valence-corrected chi connectivity index (χ4v) is 2.21. The van der Waals surface area contributed by atoms with Crippen LogP contribution in [0.25, 0.3) is 0 Å². The summed E-state index contributed by atoms with van der Waals surface area (Å²) in [5.41, 5.74) is 0. The molecule has 3 heteroatoms. The summed E-state index contributed by atoms with van der Waals surface area (Å²) in [5.74, 6) is 0. The second-order valence-electron chi connectivity index (χ2n) is 3.94. The minimum Gasteiger partial charge on any atom is -0.320 e. The van der Waals surface area contributed by atoms with Crippen molar-refractivity contribution in [1.29, 1.82) is 0 Å². The van der Waals surface area contributed by atoms with Crippen molar-refractivity contribution in [2.45, 2.75) is 59.2 Å². The molecule has 0 radical (unpaired) electrons. The predicted octanol–water partition coefficient (Wildman–Crippen LogP) is 2.32. The van der Waals surface area contributed by atoms with E-state index in [1.165, 1.54) is 6.42 Å². The molecule has 0 bridgehead atoms. The van der Waals surface area contributed by atoms with Crippen LogP contribution in [-0.2, 0) is 0 Å². The van der Waals surface area contributed by atoms with Crippen LogP contribution in [0.15, 0.2) is 0 Å². The maximum Gasteiger partial charge on any atom is 0.320 e. The molecule has 1 saturated heterocycles. The Morgan fingerprint density at radius 1 is 1.36 bits per heavy atom. The molecular weight excluding hydrogens is 176 g/mol. The highest BCUT2D eigenvalue weighted by Gasteiger charge is 2.56. The molecule has 3 nitrogen and oxygen atoms in total. The zero-order valence-electron chi connectivity index (χ0n) is 9.95. The van der Waals surface area contributed by atoms with Crippen molar-refractivity contribution in [2.24, 2.45) is 0 Å². The molecule has 0 N–H and O–H groups in total. The van der Waals surface area contributed by atoms with E-state index in [-0.39, 0.29) is 6.03 Å². The topological polar surface area (TPSA) is 23.6 Å². The zero-order chi connectivity index (χ0) is 10.9. The van der Waals surface area contributed by atoms with E-state index in [1.807, 2.05) is 23.6 Å². The Bertz CT molecular complexity index is 215. The summed E-state index contributed by atoms with van der Waals surface area (Å²) in [5, 5.41) is 0. The number of rotatable bonds is 2. The average Bonchev–Trinajstić information content (AvgIpc) is 2.84. The predicted molar refractivity (Wildman–Crippen MR) is 58.3 cm³/mol. The smallest absolute Gasteiger partial charge is 0.320 e. The monoisotopic (exact) mass is 198 g/mol. The fourth-order valence-electron chi connectivity index (χ4n) is 2.21. The Morgan fingerprint density at radius 3 is 2.21 bits per heavy atom. The second-order valence-corrected chi connectivity index (χ2v) is 3.94. The SMILES string of the molecule is CC.CCN1C(=O)N(C(C)C)C2CC21. The average molecular weight is 198 g/mol.